The molecule has 1 heterocycles. The minimum absolute atomic E-state index is 0.0733. The van der Waals surface area contributed by atoms with Crippen LogP contribution >= 0.6 is 19.1 Å². The average molecular weight is 635 g/mol. The Balaban J connectivity index is 2.55. The minimum atomic E-state index is -3.57. The molecule has 1 fully saturated rings. The Morgan fingerprint density at radius 2 is 1.81 bits per heavy atom. The van der Waals surface area contributed by atoms with Crippen molar-refractivity contribution in [1.82, 2.24) is 26.2 Å². The number of nitrogens with one attached hydrogen (secondary N) is 4. The molecule has 1 saturated heterocycles. The van der Waals surface area contributed by atoms with Crippen molar-refractivity contribution in [2.45, 2.75) is 70.2 Å². The maximum Gasteiger partial charge on any atom is 0.312 e. The fraction of sp³-hybridized carbons (Fsp3) is 0.720. The maximum atomic E-state index is 12.8. The number of nitrogens with two attached hydrogens (primary N) is 1. The van der Waals surface area contributed by atoms with Gasteiger partial charge in [0.25, 0.3) is 0 Å². The third kappa shape index (κ3) is 13.8. The summed E-state index contributed by atoms with van der Waals surface area (Å²) in [7, 11) is -3.57. The number of primary amides is 1. The predicted molar refractivity (Wildman–Crippen MR) is 157 cm³/mol. The Labute approximate surface area is 249 Å². The van der Waals surface area contributed by atoms with Gasteiger partial charge in [0.15, 0.2) is 0 Å². The van der Waals surface area contributed by atoms with E-state index in [-0.39, 0.29) is 68.7 Å². The molecule has 0 aliphatic carbocycles. The van der Waals surface area contributed by atoms with Crippen LogP contribution in [0.5, 0.6) is 0 Å². The SMILES string of the molecule is CCNC(=O)CCP(=O)(O)CCSC1CC(=O)N(CCC(=O)N[C@@H](C(=O)N[C@H](C=O)CCCNC(N)=O)C(C)C)C1=O. The Morgan fingerprint density at radius 3 is 2.40 bits per heavy atom. The Morgan fingerprint density at radius 1 is 1.12 bits per heavy atom. The fourth-order valence-corrected chi connectivity index (χ4v) is 7.16. The van der Waals surface area contributed by atoms with E-state index in [2.05, 4.69) is 21.3 Å². The summed E-state index contributed by atoms with van der Waals surface area (Å²) < 4.78 is 12.3. The standard InChI is InChI=1S/C25H43N6O9PS/c1-4-27-19(33)8-11-41(39,40)12-13-42-18-14-21(35)31(24(18)37)10-7-20(34)30-22(16(2)3)23(36)29-17(15-32)6-5-9-28-25(26)38/h15-18,22H,4-14H2,1-3H3,(H,27,33)(H,29,36)(H,30,34)(H,39,40)(H3,26,28,38)/t17-,18?,22+/m0/s1. The number of rotatable bonds is 20. The molecule has 2 unspecified atom stereocenters. The zero-order chi connectivity index (χ0) is 31.9. The first kappa shape index (κ1) is 37.1. The molecule has 4 atom stereocenters. The summed E-state index contributed by atoms with van der Waals surface area (Å²) in [6.07, 6.45) is 0.509. The van der Waals surface area contributed by atoms with E-state index in [9.17, 15) is 43.0 Å². The lowest BCUT2D eigenvalue weighted by atomic mass is 10.0. The Kier molecular flexibility index (Phi) is 16.4. The van der Waals surface area contributed by atoms with Crippen molar-refractivity contribution < 1.29 is 43.0 Å². The highest BCUT2D eigenvalue weighted by Gasteiger charge is 2.39. The number of likely N-dealkylation sites (tertiary alicyclic amines) is 1. The van der Waals surface area contributed by atoms with Gasteiger partial charge in [-0.1, -0.05) is 13.8 Å². The number of thioether (sulfide) groups is 1. The van der Waals surface area contributed by atoms with Crippen molar-refractivity contribution >= 4 is 61.0 Å². The molecule has 0 aromatic heterocycles. The van der Waals surface area contributed by atoms with Gasteiger partial charge in [0.2, 0.25) is 36.9 Å². The molecular formula is C25H43N6O9PS. The van der Waals surface area contributed by atoms with E-state index < -0.39 is 54.4 Å². The molecule has 0 radical (unpaired) electrons. The summed E-state index contributed by atoms with van der Waals surface area (Å²) >= 11 is 1.09. The number of urea groups is 1. The molecule has 0 bridgehead atoms. The van der Waals surface area contributed by atoms with Gasteiger partial charge in [-0.05, 0) is 25.7 Å². The van der Waals surface area contributed by atoms with Crippen LogP contribution in [0.3, 0.4) is 0 Å². The van der Waals surface area contributed by atoms with Crippen molar-refractivity contribution in [2.75, 3.05) is 37.7 Å². The second-order valence-electron chi connectivity index (χ2n) is 10.2. The van der Waals surface area contributed by atoms with E-state index >= 15 is 0 Å². The molecule has 1 rings (SSSR count). The first-order valence-electron chi connectivity index (χ1n) is 13.8. The van der Waals surface area contributed by atoms with E-state index in [1.165, 1.54) is 0 Å². The lowest BCUT2D eigenvalue weighted by Gasteiger charge is -2.24. The molecule has 17 heteroatoms. The summed E-state index contributed by atoms with van der Waals surface area (Å²) in [5.74, 6) is -2.60. The first-order chi connectivity index (χ1) is 19.7. The van der Waals surface area contributed by atoms with Crippen molar-refractivity contribution in [3.63, 3.8) is 0 Å². The van der Waals surface area contributed by atoms with Gasteiger partial charge in [0, 0.05) is 57.0 Å². The van der Waals surface area contributed by atoms with Gasteiger partial charge in [0.05, 0.1) is 11.3 Å². The number of hydrogen-bond acceptors (Lipinski definition) is 9. The number of carbonyl (C=O) groups excluding carboxylic acids is 7. The van der Waals surface area contributed by atoms with Gasteiger partial charge < -0.3 is 36.7 Å². The van der Waals surface area contributed by atoms with Crippen LogP contribution in [0, 0.1) is 5.92 Å². The highest BCUT2D eigenvalue weighted by Crippen LogP contribution is 2.42. The quantitative estimate of drug-likeness (QED) is 0.0427. The van der Waals surface area contributed by atoms with Crippen molar-refractivity contribution in [2.24, 2.45) is 11.7 Å². The van der Waals surface area contributed by atoms with E-state index in [1.807, 2.05) is 0 Å². The fourth-order valence-electron chi connectivity index (χ4n) is 4.00. The Hall–Kier alpha value is -2.97. The highest BCUT2D eigenvalue weighted by molar-refractivity contribution is 8.00. The summed E-state index contributed by atoms with van der Waals surface area (Å²) in [5.41, 5.74) is 4.99. The molecule has 7 N–H and O–H groups in total. The maximum absolute atomic E-state index is 12.8. The zero-order valence-electron chi connectivity index (χ0n) is 24.3. The lowest BCUT2D eigenvalue weighted by Crippen LogP contribution is -2.53. The normalized spacial score (nSPS) is 17.7. The molecule has 238 valence electrons. The third-order valence-corrected chi connectivity index (χ3v) is 9.69. The molecule has 0 spiro atoms. The monoisotopic (exact) mass is 634 g/mol. The lowest BCUT2D eigenvalue weighted by molar-refractivity contribution is -0.139. The number of amides is 7. The molecule has 42 heavy (non-hydrogen) atoms. The van der Waals surface area contributed by atoms with Crippen LogP contribution in [-0.2, 0) is 33.3 Å². The van der Waals surface area contributed by atoms with E-state index in [1.54, 1.807) is 20.8 Å². The smallest absolute Gasteiger partial charge is 0.312 e. The predicted octanol–water partition coefficient (Wildman–Crippen LogP) is -0.693. The van der Waals surface area contributed by atoms with Crippen molar-refractivity contribution in [3.05, 3.63) is 0 Å². The van der Waals surface area contributed by atoms with Crippen LogP contribution in [0.4, 0.5) is 4.79 Å². The molecule has 0 saturated carbocycles. The number of hydrogen-bond donors (Lipinski definition) is 6. The highest BCUT2D eigenvalue weighted by atomic mass is 32.2. The second kappa shape index (κ2) is 18.5. The molecule has 0 aromatic rings. The first-order valence-corrected chi connectivity index (χ1v) is 16.9. The van der Waals surface area contributed by atoms with Crippen LogP contribution in [0.15, 0.2) is 0 Å². The number of imide groups is 1. The van der Waals surface area contributed by atoms with Crippen LogP contribution in [0.1, 0.15) is 52.9 Å². The summed E-state index contributed by atoms with van der Waals surface area (Å²) in [4.78, 5) is 95.3. The topological polar surface area (TPSA) is 234 Å². The van der Waals surface area contributed by atoms with Crippen LogP contribution in [0.25, 0.3) is 0 Å². The molecular weight excluding hydrogens is 591 g/mol. The van der Waals surface area contributed by atoms with Gasteiger partial charge in [-0.25, -0.2) is 4.79 Å². The summed E-state index contributed by atoms with van der Waals surface area (Å²) in [5, 5.41) is 9.36. The van der Waals surface area contributed by atoms with Crippen molar-refractivity contribution in [3.8, 4) is 0 Å². The minimum Gasteiger partial charge on any atom is -0.356 e. The molecule has 15 nitrogen and oxygen atoms in total. The van der Waals surface area contributed by atoms with Gasteiger partial charge in [-0.15, -0.1) is 11.8 Å². The van der Waals surface area contributed by atoms with Gasteiger partial charge >= 0.3 is 6.03 Å². The number of nitrogens with zero attached hydrogens (tertiary/aromatic N) is 1. The summed E-state index contributed by atoms with van der Waals surface area (Å²) in [6, 6.07) is -2.51. The van der Waals surface area contributed by atoms with E-state index in [4.69, 9.17) is 5.73 Å². The Bertz CT molecular complexity index is 1040. The van der Waals surface area contributed by atoms with Crippen LogP contribution < -0.4 is 27.0 Å². The van der Waals surface area contributed by atoms with Gasteiger partial charge in [0.1, 0.15) is 12.3 Å². The summed E-state index contributed by atoms with van der Waals surface area (Å²) in [6.45, 7) is 5.62. The van der Waals surface area contributed by atoms with Gasteiger partial charge in [-0.3, -0.25) is 33.4 Å². The van der Waals surface area contributed by atoms with Crippen molar-refractivity contribution in [1.29, 1.82) is 0 Å². The van der Waals surface area contributed by atoms with E-state index in [0.29, 0.717) is 19.3 Å². The molecule has 1 aliphatic rings. The number of aldehydes is 1. The van der Waals surface area contributed by atoms with E-state index in [0.717, 1.165) is 16.7 Å². The van der Waals surface area contributed by atoms with Crippen LogP contribution in [0.2, 0.25) is 0 Å². The largest absolute Gasteiger partial charge is 0.356 e. The van der Waals surface area contributed by atoms with Gasteiger partial charge in [-0.2, -0.15) is 0 Å². The molecule has 7 amide bonds. The average Bonchev–Trinajstić information content (AvgIpc) is 3.18. The van der Waals surface area contributed by atoms with Crippen LogP contribution in [-0.4, -0.2) is 107 Å². The molecule has 0 aromatic carbocycles. The second-order valence-corrected chi connectivity index (χ2v) is 14.1. The third-order valence-electron chi connectivity index (χ3n) is 6.34. The number of carbonyl (C=O) groups is 7. The molecule has 1 aliphatic heterocycles. The zero-order valence-corrected chi connectivity index (χ0v) is 26.0.